The first-order valence-electron chi connectivity index (χ1n) is 6.41. The summed E-state index contributed by atoms with van der Waals surface area (Å²) in [6, 6.07) is 3.58. The van der Waals surface area contributed by atoms with Gasteiger partial charge in [0.05, 0.1) is 0 Å². The van der Waals surface area contributed by atoms with Gasteiger partial charge in [-0.05, 0) is 32.9 Å². The third-order valence-electron chi connectivity index (χ3n) is 2.50. The highest BCUT2D eigenvalue weighted by molar-refractivity contribution is 5.87. The monoisotopic (exact) mass is 301 g/mol. The Morgan fingerprint density at radius 3 is 2.43 bits per heavy atom. The van der Waals surface area contributed by atoms with Crippen LogP contribution in [0.5, 0.6) is 0 Å². The van der Waals surface area contributed by atoms with Crippen LogP contribution in [-0.4, -0.2) is 29.7 Å². The number of hydrogen-bond donors (Lipinski definition) is 2. The smallest absolute Gasteiger partial charge is 0.381 e. The molecule has 0 fully saturated rings. The number of anilines is 1. The molecule has 0 radical (unpaired) electrons. The largest absolute Gasteiger partial charge is 0.409 e. The van der Waals surface area contributed by atoms with Gasteiger partial charge in [-0.3, -0.25) is 9.78 Å². The highest BCUT2D eigenvalue weighted by Gasteiger charge is 2.22. The maximum absolute atomic E-state index is 11.9. The van der Waals surface area contributed by atoms with Crippen LogP contribution in [0, 0.1) is 13.8 Å². The number of halogens is 3. The summed E-state index contributed by atoms with van der Waals surface area (Å²) >= 11 is 0. The molecule has 2 N–H and O–H groups in total. The van der Waals surface area contributed by atoms with Crippen molar-refractivity contribution in [1.29, 1.82) is 0 Å². The fraction of sp³-hybridized carbons (Fsp3) is 0.429. The maximum atomic E-state index is 11.9. The molecule has 1 amide bonds. The van der Waals surface area contributed by atoms with Crippen molar-refractivity contribution in [3.8, 4) is 0 Å². The lowest BCUT2D eigenvalue weighted by Gasteiger charge is -2.16. The Hall–Kier alpha value is -2.05. The van der Waals surface area contributed by atoms with Gasteiger partial charge in [-0.15, -0.1) is 0 Å². The molecule has 1 atom stereocenters. The second-order valence-electron chi connectivity index (χ2n) is 4.80. The number of aromatic nitrogens is 1. The van der Waals surface area contributed by atoms with Crippen molar-refractivity contribution >= 4 is 11.6 Å². The standard InChI is InChI=1S/C14H18F3N3O/c1-9-6-12(7-10(2)19-9)20-11(3)8-18-13(21)4-5-14(15,16)17/h4-7,11H,8H2,1-3H3,(H,18,21)(H,19,20). The zero-order chi connectivity index (χ0) is 16.0. The van der Waals surface area contributed by atoms with Gasteiger partial charge >= 0.3 is 6.18 Å². The first-order chi connectivity index (χ1) is 9.65. The van der Waals surface area contributed by atoms with Crippen molar-refractivity contribution in [3.05, 3.63) is 35.7 Å². The molecule has 0 aliphatic rings. The Kier molecular flexibility index (Phi) is 5.75. The summed E-state index contributed by atoms with van der Waals surface area (Å²) in [7, 11) is 0. The van der Waals surface area contributed by atoms with Crippen LogP contribution in [0.1, 0.15) is 18.3 Å². The van der Waals surface area contributed by atoms with E-state index in [1.54, 1.807) is 0 Å². The van der Waals surface area contributed by atoms with Crippen LogP contribution in [0.2, 0.25) is 0 Å². The summed E-state index contributed by atoms with van der Waals surface area (Å²) in [5, 5.41) is 5.55. The van der Waals surface area contributed by atoms with Crippen LogP contribution in [0.4, 0.5) is 18.9 Å². The number of alkyl halides is 3. The Labute approximate surface area is 121 Å². The normalized spacial score (nSPS) is 13.2. The molecule has 7 heteroatoms. The van der Waals surface area contributed by atoms with Crippen LogP contribution in [0.3, 0.4) is 0 Å². The minimum Gasteiger partial charge on any atom is -0.381 e. The van der Waals surface area contributed by atoms with Crippen LogP contribution in [-0.2, 0) is 4.79 Å². The van der Waals surface area contributed by atoms with Gasteiger partial charge in [-0.1, -0.05) is 0 Å². The van der Waals surface area contributed by atoms with Gasteiger partial charge in [0.2, 0.25) is 5.91 Å². The van der Waals surface area contributed by atoms with Crippen molar-refractivity contribution in [2.75, 3.05) is 11.9 Å². The molecule has 1 aromatic heterocycles. The van der Waals surface area contributed by atoms with E-state index < -0.39 is 12.1 Å². The van der Waals surface area contributed by atoms with E-state index in [2.05, 4.69) is 15.6 Å². The second kappa shape index (κ2) is 7.10. The highest BCUT2D eigenvalue weighted by Crippen LogP contribution is 2.15. The van der Waals surface area contributed by atoms with Crippen molar-refractivity contribution in [2.45, 2.75) is 33.0 Å². The predicted molar refractivity (Wildman–Crippen MR) is 75.0 cm³/mol. The van der Waals surface area contributed by atoms with E-state index in [0.717, 1.165) is 17.1 Å². The molecule has 1 rings (SSSR count). The fourth-order valence-corrected chi connectivity index (χ4v) is 1.74. The molecule has 0 aliphatic carbocycles. The number of amides is 1. The minimum atomic E-state index is -4.48. The lowest BCUT2D eigenvalue weighted by molar-refractivity contribution is -0.117. The average molecular weight is 301 g/mol. The quantitative estimate of drug-likeness (QED) is 0.822. The van der Waals surface area contributed by atoms with Gasteiger partial charge < -0.3 is 10.6 Å². The predicted octanol–water partition coefficient (Wildman–Crippen LogP) is 2.73. The zero-order valence-corrected chi connectivity index (χ0v) is 12.1. The molecule has 1 aromatic rings. The van der Waals surface area contributed by atoms with E-state index in [1.165, 1.54) is 0 Å². The topological polar surface area (TPSA) is 54.0 Å². The molecule has 4 nitrogen and oxygen atoms in total. The summed E-state index contributed by atoms with van der Waals surface area (Å²) in [6.45, 7) is 5.76. The highest BCUT2D eigenvalue weighted by atomic mass is 19.4. The van der Waals surface area contributed by atoms with E-state index >= 15 is 0 Å². The van der Waals surface area contributed by atoms with Crippen LogP contribution < -0.4 is 10.6 Å². The summed E-state index contributed by atoms with van der Waals surface area (Å²) in [4.78, 5) is 15.5. The molecular weight excluding hydrogens is 283 g/mol. The number of aryl methyl sites for hydroxylation is 2. The molecule has 116 valence electrons. The summed E-state index contributed by atoms with van der Waals surface area (Å²) in [6.07, 6.45) is -4.09. The van der Waals surface area contributed by atoms with E-state index in [0.29, 0.717) is 6.08 Å². The third-order valence-corrected chi connectivity index (χ3v) is 2.50. The number of carbonyl (C=O) groups excluding carboxylic acids is 1. The molecule has 0 aromatic carbocycles. The average Bonchev–Trinajstić information content (AvgIpc) is 2.31. The van der Waals surface area contributed by atoms with Crippen LogP contribution in [0.15, 0.2) is 24.3 Å². The number of nitrogens with one attached hydrogen (secondary N) is 2. The fourth-order valence-electron chi connectivity index (χ4n) is 1.74. The van der Waals surface area contributed by atoms with Gasteiger partial charge in [0.15, 0.2) is 0 Å². The minimum absolute atomic E-state index is 0.0873. The summed E-state index contributed by atoms with van der Waals surface area (Å²) < 4.78 is 35.7. The number of allylic oxidation sites excluding steroid dienone is 1. The second-order valence-corrected chi connectivity index (χ2v) is 4.80. The molecule has 21 heavy (non-hydrogen) atoms. The first kappa shape index (κ1) is 17.0. The van der Waals surface area contributed by atoms with Gasteiger partial charge in [0.1, 0.15) is 0 Å². The van der Waals surface area contributed by atoms with Gasteiger partial charge in [-0.2, -0.15) is 13.2 Å². The number of carbonyl (C=O) groups is 1. The molecule has 1 heterocycles. The van der Waals surface area contributed by atoms with Crippen molar-refractivity contribution in [3.63, 3.8) is 0 Å². The first-order valence-corrected chi connectivity index (χ1v) is 6.41. The molecule has 1 unspecified atom stereocenters. The zero-order valence-electron chi connectivity index (χ0n) is 12.1. The molecule has 0 aliphatic heterocycles. The molecule has 0 saturated carbocycles. The lowest BCUT2D eigenvalue weighted by atomic mass is 10.2. The summed E-state index contributed by atoms with van der Waals surface area (Å²) in [5.74, 6) is -0.775. The summed E-state index contributed by atoms with van der Waals surface area (Å²) in [5.41, 5.74) is 2.58. The molecule has 0 bridgehead atoms. The molecule has 0 saturated heterocycles. The Morgan fingerprint density at radius 2 is 1.90 bits per heavy atom. The van der Waals surface area contributed by atoms with E-state index in [1.807, 2.05) is 32.9 Å². The third kappa shape index (κ3) is 7.34. The van der Waals surface area contributed by atoms with Gasteiger partial charge in [0.25, 0.3) is 0 Å². The maximum Gasteiger partial charge on any atom is 0.409 e. The van der Waals surface area contributed by atoms with Crippen molar-refractivity contribution < 1.29 is 18.0 Å². The van der Waals surface area contributed by atoms with Gasteiger partial charge in [0, 0.05) is 41.8 Å². The van der Waals surface area contributed by atoms with E-state index in [-0.39, 0.29) is 18.7 Å². The van der Waals surface area contributed by atoms with E-state index in [4.69, 9.17) is 0 Å². The molecule has 0 spiro atoms. The SMILES string of the molecule is Cc1cc(NC(C)CNC(=O)C=CC(F)(F)F)cc(C)n1. The Balaban J connectivity index is 2.45. The Bertz CT molecular complexity index is 506. The number of hydrogen-bond acceptors (Lipinski definition) is 3. The van der Waals surface area contributed by atoms with E-state index in [9.17, 15) is 18.0 Å². The number of nitrogens with zero attached hydrogens (tertiary/aromatic N) is 1. The number of pyridine rings is 1. The van der Waals surface area contributed by atoms with Gasteiger partial charge in [-0.25, -0.2) is 0 Å². The number of rotatable bonds is 5. The van der Waals surface area contributed by atoms with Crippen LogP contribution in [0.25, 0.3) is 0 Å². The van der Waals surface area contributed by atoms with Crippen molar-refractivity contribution in [1.82, 2.24) is 10.3 Å². The Morgan fingerprint density at radius 1 is 1.33 bits per heavy atom. The lowest BCUT2D eigenvalue weighted by Crippen LogP contribution is -2.33. The molecular formula is C14H18F3N3O. The van der Waals surface area contributed by atoms with Crippen LogP contribution >= 0.6 is 0 Å². The van der Waals surface area contributed by atoms with Crippen molar-refractivity contribution in [2.24, 2.45) is 0 Å².